The van der Waals surface area contributed by atoms with E-state index in [1.165, 1.54) is 6.92 Å². The zero-order valence-corrected chi connectivity index (χ0v) is 12.1. The van der Waals surface area contributed by atoms with Crippen LogP contribution in [0.5, 0.6) is 0 Å². The van der Waals surface area contributed by atoms with Gasteiger partial charge in [0, 0.05) is 11.3 Å². The second-order valence-corrected chi connectivity index (χ2v) is 4.94. The molecule has 0 aliphatic rings. The van der Waals surface area contributed by atoms with Crippen LogP contribution in [0.4, 0.5) is 32.2 Å². The van der Waals surface area contributed by atoms with Crippen LogP contribution in [0.25, 0.3) is 11.1 Å². The third-order valence-electron chi connectivity index (χ3n) is 3.17. The molecule has 0 aliphatic carbocycles. The molecule has 0 unspecified atom stereocenters. The number of halogens is 6. The van der Waals surface area contributed by atoms with E-state index in [2.05, 4.69) is 10.2 Å². The molecule has 0 saturated carbocycles. The molecule has 0 saturated heterocycles. The van der Waals surface area contributed by atoms with Crippen molar-refractivity contribution >= 4 is 11.7 Å². The lowest BCUT2D eigenvalue weighted by molar-refractivity contribution is -0.272. The Hall–Kier alpha value is -2.52. The number of amides is 1. The molecule has 0 aliphatic heterocycles. The van der Waals surface area contributed by atoms with E-state index in [1.54, 1.807) is 35.6 Å². The Kier molecular flexibility index (Phi) is 4.59. The Morgan fingerprint density at radius 2 is 1.62 bits per heavy atom. The predicted molar refractivity (Wildman–Crippen MR) is 73.0 cm³/mol. The summed E-state index contributed by atoms with van der Waals surface area (Å²) in [6.45, 7) is 1.52. The maximum Gasteiger partial charge on any atom is 0.409 e. The molecule has 2 rings (SSSR count). The summed E-state index contributed by atoms with van der Waals surface area (Å²) in [6.07, 6.45) is -11.5. The highest BCUT2D eigenvalue weighted by Crippen LogP contribution is 2.40. The van der Waals surface area contributed by atoms with Crippen LogP contribution in [-0.2, 0) is 4.79 Å². The van der Waals surface area contributed by atoms with Gasteiger partial charge in [-0.1, -0.05) is 30.3 Å². The first-order valence-corrected chi connectivity index (χ1v) is 6.56. The van der Waals surface area contributed by atoms with Gasteiger partial charge in [0.1, 0.15) is 0 Å². The molecule has 2 N–H and O–H groups in total. The highest BCUT2D eigenvalue weighted by molar-refractivity contribution is 5.96. The van der Waals surface area contributed by atoms with Gasteiger partial charge in [-0.15, -0.1) is 0 Å². The first-order valence-electron chi connectivity index (χ1n) is 6.56. The highest BCUT2D eigenvalue weighted by atomic mass is 19.4. The van der Waals surface area contributed by atoms with Crippen LogP contribution < -0.4 is 5.32 Å². The van der Waals surface area contributed by atoms with Crippen LogP contribution in [0.3, 0.4) is 0 Å². The van der Waals surface area contributed by atoms with E-state index in [1.807, 2.05) is 0 Å². The lowest BCUT2D eigenvalue weighted by Crippen LogP contribution is -2.45. The molecule has 1 aromatic carbocycles. The SMILES string of the molecule is Cc1[nH]nc(NC(=O)C(C(F)(F)F)C(F)(F)F)c1-c1ccccc1. The standard InChI is InChI=1S/C14H11F6N3O/c1-7-9(8-5-3-2-4-6-8)11(23-22-7)21-12(24)10(13(15,16)17)14(18,19)20/h2-6,10H,1H3,(H2,21,22,23,24). The number of nitrogens with one attached hydrogen (secondary N) is 2. The largest absolute Gasteiger partial charge is 0.409 e. The molecule has 0 spiro atoms. The number of aryl methyl sites for hydroxylation is 1. The Labute approximate surface area is 131 Å². The third-order valence-corrected chi connectivity index (χ3v) is 3.17. The van der Waals surface area contributed by atoms with Gasteiger partial charge < -0.3 is 5.32 Å². The van der Waals surface area contributed by atoms with Crippen molar-refractivity contribution in [1.29, 1.82) is 0 Å². The number of carbonyl (C=O) groups is 1. The lowest BCUT2D eigenvalue weighted by atomic mass is 10.0. The fraction of sp³-hybridized carbons (Fsp3) is 0.286. The van der Waals surface area contributed by atoms with Gasteiger partial charge >= 0.3 is 12.4 Å². The maximum absolute atomic E-state index is 12.6. The van der Waals surface area contributed by atoms with E-state index in [9.17, 15) is 31.1 Å². The van der Waals surface area contributed by atoms with Crippen molar-refractivity contribution in [3.8, 4) is 11.1 Å². The number of benzene rings is 1. The minimum atomic E-state index is -5.76. The van der Waals surface area contributed by atoms with Crippen molar-refractivity contribution in [2.45, 2.75) is 19.3 Å². The van der Waals surface area contributed by atoms with Gasteiger partial charge in [-0.05, 0) is 12.5 Å². The van der Waals surface area contributed by atoms with Crippen LogP contribution in [0.15, 0.2) is 30.3 Å². The first kappa shape index (κ1) is 17.8. The molecule has 2 aromatic rings. The zero-order chi connectivity index (χ0) is 18.1. The number of hydrogen-bond donors (Lipinski definition) is 2. The average Bonchev–Trinajstić information content (AvgIpc) is 2.77. The smallest absolute Gasteiger partial charge is 0.308 e. The molecule has 0 radical (unpaired) electrons. The number of H-pyrrole nitrogens is 1. The fourth-order valence-corrected chi connectivity index (χ4v) is 2.15. The summed E-state index contributed by atoms with van der Waals surface area (Å²) in [5, 5.41) is 7.64. The van der Waals surface area contributed by atoms with Gasteiger partial charge in [-0.3, -0.25) is 9.89 Å². The van der Waals surface area contributed by atoms with E-state index in [4.69, 9.17) is 0 Å². The Bertz CT molecular complexity index is 706. The van der Waals surface area contributed by atoms with Crippen LogP contribution >= 0.6 is 0 Å². The Balaban J connectivity index is 2.37. The molecule has 1 aromatic heterocycles. The molecule has 1 heterocycles. The predicted octanol–water partition coefficient (Wildman–Crippen LogP) is 4.06. The van der Waals surface area contributed by atoms with Crippen LogP contribution in [-0.4, -0.2) is 28.5 Å². The van der Waals surface area contributed by atoms with E-state index in [0.717, 1.165) is 0 Å². The van der Waals surface area contributed by atoms with E-state index >= 15 is 0 Å². The molecule has 4 nitrogen and oxygen atoms in total. The summed E-state index contributed by atoms with van der Waals surface area (Å²) in [7, 11) is 0. The normalized spacial score (nSPS) is 12.5. The highest BCUT2D eigenvalue weighted by Gasteiger charge is 2.61. The molecule has 0 bridgehead atoms. The van der Waals surface area contributed by atoms with Crippen molar-refractivity contribution in [2.75, 3.05) is 5.32 Å². The van der Waals surface area contributed by atoms with Crippen LogP contribution in [0.2, 0.25) is 0 Å². The summed E-state index contributed by atoms with van der Waals surface area (Å²) in [4.78, 5) is 11.6. The zero-order valence-electron chi connectivity index (χ0n) is 12.1. The minimum Gasteiger partial charge on any atom is -0.308 e. The monoisotopic (exact) mass is 351 g/mol. The first-order chi connectivity index (χ1) is 11.0. The Morgan fingerprint density at radius 3 is 2.12 bits per heavy atom. The minimum absolute atomic E-state index is 0.215. The molecule has 130 valence electrons. The topological polar surface area (TPSA) is 57.8 Å². The number of aromatic amines is 1. The number of alkyl halides is 6. The number of carbonyl (C=O) groups excluding carboxylic acids is 1. The Morgan fingerprint density at radius 1 is 1.08 bits per heavy atom. The summed E-state index contributed by atoms with van der Waals surface area (Å²) >= 11 is 0. The van der Waals surface area contributed by atoms with E-state index in [-0.39, 0.29) is 5.56 Å². The number of aromatic nitrogens is 2. The van der Waals surface area contributed by atoms with Gasteiger partial charge in [-0.25, -0.2) is 0 Å². The summed E-state index contributed by atoms with van der Waals surface area (Å²) in [5.74, 6) is -6.77. The molecule has 0 atom stereocenters. The average molecular weight is 351 g/mol. The summed E-state index contributed by atoms with van der Waals surface area (Å²) in [5.41, 5.74) is 1.08. The molecule has 0 fully saturated rings. The fourth-order valence-electron chi connectivity index (χ4n) is 2.15. The third kappa shape index (κ3) is 3.69. The van der Waals surface area contributed by atoms with E-state index in [0.29, 0.717) is 11.3 Å². The number of rotatable bonds is 3. The van der Waals surface area contributed by atoms with Gasteiger partial charge in [0.2, 0.25) is 11.8 Å². The van der Waals surface area contributed by atoms with Gasteiger partial charge in [0.15, 0.2) is 5.82 Å². The molecular formula is C14H11F6N3O. The van der Waals surface area contributed by atoms with Crippen molar-refractivity contribution in [2.24, 2.45) is 5.92 Å². The molecular weight excluding hydrogens is 340 g/mol. The van der Waals surface area contributed by atoms with Crippen molar-refractivity contribution < 1.29 is 31.1 Å². The second kappa shape index (κ2) is 6.17. The van der Waals surface area contributed by atoms with Gasteiger partial charge in [-0.2, -0.15) is 31.4 Å². The molecule has 10 heteroatoms. The van der Waals surface area contributed by atoms with Crippen molar-refractivity contribution in [1.82, 2.24) is 10.2 Å². The molecule has 1 amide bonds. The lowest BCUT2D eigenvalue weighted by Gasteiger charge is -2.21. The van der Waals surface area contributed by atoms with Gasteiger partial charge in [0.25, 0.3) is 0 Å². The quantitative estimate of drug-likeness (QED) is 0.819. The van der Waals surface area contributed by atoms with E-state index < -0.39 is 30.0 Å². The maximum atomic E-state index is 12.6. The van der Waals surface area contributed by atoms with Crippen LogP contribution in [0.1, 0.15) is 5.69 Å². The number of anilines is 1. The summed E-state index contributed by atoms with van der Waals surface area (Å²) in [6, 6.07) is 8.10. The number of nitrogens with zero attached hydrogens (tertiary/aromatic N) is 1. The molecule has 24 heavy (non-hydrogen) atoms. The van der Waals surface area contributed by atoms with Gasteiger partial charge in [0.05, 0.1) is 0 Å². The van der Waals surface area contributed by atoms with Crippen molar-refractivity contribution in [3.63, 3.8) is 0 Å². The van der Waals surface area contributed by atoms with Crippen molar-refractivity contribution in [3.05, 3.63) is 36.0 Å². The second-order valence-electron chi connectivity index (χ2n) is 4.94. The summed E-state index contributed by atoms with van der Waals surface area (Å²) < 4.78 is 75.5. The van der Waals surface area contributed by atoms with Crippen LogP contribution in [0, 0.1) is 12.8 Å². The number of hydrogen-bond acceptors (Lipinski definition) is 2.